The summed E-state index contributed by atoms with van der Waals surface area (Å²) in [4.78, 5) is 48.6. The molecule has 0 aliphatic carbocycles. The normalized spacial score (nSPS) is 13.3. The molecule has 2 aromatic rings. The van der Waals surface area contributed by atoms with E-state index in [2.05, 4.69) is 10.6 Å². The highest BCUT2D eigenvalue weighted by atomic mass is 19.3. The summed E-state index contributed by atoms with van der Waals surface area (Å²) in [6.45, 7) is 1.42. The molecule has 0 aliphatic heterocycles. The van der Waals surface area contributed by atoms with E-state index in [9.17, 15) is 36.7 Å². The largest absolute Gasteiger partial charge is 0.370 e. The maximum Gasteiger partial charge on any atom is 0.270 e. The molecule has 0 bridgehead atoms. The number of hydrogen-bond donors (Lipinski definition) is 4. The Labute approximate surface area is 217 Å². The van der Waals surface area contributed by atoms with Crippen LogP contribution >= 0.6 is 0 Å². The Bertz CT molecular complexity index is 1160. The van der Waals surface area contributed by atoms with Gasteiger partial charge in [0.15, 0.2) is 0 Å². The van der Waals surface area contributed by atoms with Crippen LogP contribution in [-0.2, 0) is 43.9 Å². The van der Waals surface area contributed by atoms with Gasteiger partial charge in [0.25, 0.3) is 11.8 Å². The zero-order valence-electron chi connectivity index (χ0n) is 20.9. The molecule has 0 radical (unpaired) electrons. The van der Waals surface area contributed by atoms with Gasteiger partial charge in [-0.2, -0.15) is 0 Å². The molecule has 0 fully saturated rings. The number of carbonyl (C=O) groups is 4. The summed E-state index contributed by atoms with van der Waals surface area (Å²) in [5.41, 5.74) is 10.4. The third-order valence-electron chi connectivity index (χ3n) is 5.73. The molecular weight excluding hydrogens is 508 g/mol. The number of primary amides is 2. The van der Waals surface area contributed by atoms with Crippen molar-refractivity contribution in [3.05, 3.63) is 70.8 Å². The summed E-state index contributed by atoms with van der Waals surface area (Å²) in [6, 6.07) is 7.81. The number of nitrogens with one attached hydrogen (secondary N) is 2. The van der Waals surface area contributed by atoms with E-state index in [-0.39, 0.29) is 42.4 Å². The summed E-state index contributed by atoms with van der Waals surface area (Å²) in [7, 11) is 0. The lowest BCUT2D eigenvalue weighted by Crippen LogP contribution is -2.54. The summed E-state index contributed by atoms with van der Waals surface area (Å²) in [5, 5.41) is 4.80. The third-order valence-corrected chi connectivity index (χ3v) is 5.73. The van der Waals surface area contributed by atoms with Crippen molar-refractivity contribution in [1.82, 2.24) is 10.6 Å². The second-order valence-electron chi connectivity index (χ2n) is 9.09. The van der Waals surface area contributed by atoms with Gasteiger partial charge in [-0.05, 0) is 11.1 Å². The fourth-order valence-electron chi connectivity index (χ4n) is 3.72. The monoisotopic (exact) mass is 538 g/mol. The molecule has 4 amide bonds. The molecule has 0 aromatic heterocycles. The van der Waals surface area contributed by atoms with E-state index in [0.29, 0.717) is 12.5 Å². The van der Waals surface area contributed by atoms with Crippen molar-refractivity contribution in [2.24, 2.45) is 11.5 Å². The highest BCUT2D eigenvalue weighted by Gasteiger charge is 2.31. The fourth-order valence-corrected chi connectivity index (χ4v) is 3.72. The van der Waals surface area contributed by atoms with Gasteiger partial charge in [-0.3, -0.25) is 19.2 Å². The fraction of sp³-hybridized carbons (Fsp3) is 0.385. The number of halogens is 4. The van der Waals surface area contributed by atoms with Gasteiger partial charge in [0, 0.05) is 50.7 Å². The van der Waals surface area contributed by atoms with Gasteiger partial charge < -0.3 is 22.1 Å². The molecule has 12 heteroatoms. The Morgan fingerprint density at radius 3 is 1.92 bits per heavy atom. The van der Waals surface area contributed by atoms with Crippen molar-refractivity contribution in [3.63, 3.8) is 0 Å². The van der Waals surface area contributed by atoms with Gasteiger partial charge in [-0.25, -0.2) is 17.6 Å². The summed E-state index contributed by atoms with van der Waals surface area (Å²) in [5.74, 6) is -9.64. The molecule has 0 unspecified atom stereocenters. The van der Waals surface area contributed by atoms with Crippen molar-refractivity contribution in [1.29, 1.82) is 0 Å². The minimum absolute atomic E-state index is 0.0714. The molecule has 38 heavy (non-hydrogen) atoms. The van der Waals surface area contributed by atoms with E-state index in [0.717, 1.165) is 6.92 Å². The van der Waals surface area contributed by atoms with Crippen LogP contribution in [0.4, 0.5) is 17.6 Å². The number of rotatable bonds is 13. The van der Waals surface area contributed by atoms with Crippen molar-refractivity contribution in [2.75, 3.05) is 0 Å². The van der Waals surface area contributed by atoms with Gasteiger partial charge in [0.05, 0.1) is 0 Å². The molecule has 6 N–H and O–H groups in total. The van der Waals surface area contributed by atoms with Crippen LogP contribution in [0.2, 0.25) is 0 Å². The van der Waals surface area contributed by atoms with Crippen LogP contribution in [0.25, 0.3) is 0 Å². The van der Waals surface area contributed by atoms with Crippen LogP contribution in [-0.4, -0.2) is 35.7 Å². The Morgan fingerprint density at radius 2 is 1.39 bits per heavy atom. The number of carbonyl (C=O) groups excluding carboxylic acids is 4. The molecule has 8 nitrogen and oxygen atoms in total. The first kappa shape index (κ1) is 30.3. The first-order valence-electron chi connectivity index (χ1n) is 11.7. The molecule has 0 spiro atoms. The molecule has 2 atom stereocenters. The van der Waals surface area contributed by atoms with Crippen molar-refractivity contribution >= 4 is 23.6 Å². The van der Waals surface area contributed by atoms with Crippen LogP contribution in [0.3, 0.4) is 0 Å². The van der Waals surface area contributed by atoms with E-state index in [1.807, 2.05) is 0 Å². The third kappa shape index (κ3) is 9.16. The average molecular weight is 539 g/mol. The summed E-state index contributed by atoms with van der Waals surface area (Å²) < 4.78 is 55.3. The van der Waals surface area contributed by atoms with Crippen LogP contribution in [0, 0.1) is 0 Å². The Balaban J connectivity index is 2.28. The number of amides is 4. The smallest absolute Gasteiger partial charge is 0.270 e. The summed E-state index contributed by atoms with van der Waals surface area (Å²) >= 11 is 0. The lowest BCUT2D eigenvalue weighted by Gasteiger charge is -2.24. The SMILES string of the molecule is CC(F)(F)c1ccc(C[C@H](NC(=O)[C@@H](Cc2ccccc2C(C)(F)F)NC(=O)CCC(N)=O)C(N)=O)cc1. The number of benzene rings is 2. The standard InChI is InChI=1S/C26H30F4N4O4/c1-25(27,28)17-9-7-15(8-10-17)13-19(23(32)37)34-24(38)20(33-22(36)12-11-21(31)35)14-16-5-3-4-6-18(16)26(2,29)30/h3-10,19-20H,11-14H2,1-2H3,(H2,31,35)(H2,32,37)(H,33,36)(H,34,38)/t19-,20+/m0/s1. The second-order valence-corrected chi connectivity index (χ2v) is 9.09. The second kappa shape index (κ2) is 12.5. The van der Waals surface area contributed by atoms with E-state index in [1.165, 1.54) is 48.5 Å². The lowest BCUT2D eigenvalue weighted by atomic mass is 9.95. The van der Waals surface area contributed by atoms with Crippen LogP contribution in [0.15, 0.2) is 48.5 Å². The minimum atomic E-state index is -3.25. The van der Waals surface area contributed by atoms with Crippen molar-refractivity contribution < 1.29 is 36.7 Å². The maximum atomic E-state index is 14.2. The Morgan fingerprint density at radius 1 is 0.789 bits per heavy atom. The molecular formula is C26H30F4N4O4. The number of hydrogen-bond acceptors (Lipinski definition) is 4. The van der Waals surface area contributed by atoms with Gasteiger partial charge in [-0.15, -0.1) is 0 Å². The van der Waals surface area contributed by atoms with Crippen LogP contribution < -0.4 is 22.1 Å². The zero-order valence-corrected chi connectivity index (χ0v) is 20.9. The molecule has 2 aromatic carbocycles. The molecule has 0 saturated carbocycles. The highest BCUT2D eigenvalue weighted by molar-refractivity contribution is 5.92. The van der Waals surface area contributed by atoms with E-state index in [1.54, 1.807) is 0 Å². The quantitative estimate of drug-likeness (QED) is 0.290. The van der Waals surface area contributed by atoms with Gasteiger partial charge in [-0.1, -0.05) is 48.5 Å². The van der Waals surface area contributed by atoms with Crippen LogP contribution in [0.5, 0.6) is 0 Å². The zero-order chi connectivity index (χ0) is 28.7. The predicted molar refractivity (Wildman–Crippen MR) is 131 cm³/mol. The molecule has 206 valence electrons. The van der Waals surface area contributed by atoms with E-state index >= 15 is 0 Å². The number of alkyl halides is 4. The maximum absolute atomic E-state index is 14.2. The average Bonchev–Trinajstić information content (AvgIpc) is 2.81. The lowest BCUT2D eigenvalue weighted by molar-refractivity contribution is -0.131. The van der Waals surface area contributed by atoms with Gasteiger partial charge in [0.1, 0.15) is 12.1 Å². The van der Waals surface area contributed by atoms with Crippen LogP contribution in [0.1, 0.15) is 48.9 Å². The Kier molecular flexibility index (Phi) is 9.97. The van der Waals surface area contributed by atoms with E-state index in [4.69, 9.17) is 11.5 Å². The molecule has 2 rings (SSSR count). The first-order valence-corrected chi connectivity index (χ1v) is 11.7. The van der Waals surface area contributed by atoms with Gasteiger partial charge >= 0.3 is 0 Å². The first-order chi connectivity index (χ1) is 17.6. The van der Waals surface area contributed by atoms with Crippen molar-refractivity contribution in [2.45, 2.75) is 63.5 Å². The number of nitrogens with two attached hydrogens (primary N) is 2. The van der Waals surface area contributed by atoms with Crippen molar-refractivity contribution in [3.8, 4) is 0 Å². The summed E-state index contributed by atoms with van der Waals surface area (Å²) in [6.07, 6.45) is -1.17. The van der Waals surface area contributed by atoms with E-state index < -0.39 is 47.6 Å². The topological polar surface area (TPSA) is 144 Å². The minimum Gasteiger partial charge on any atom is -0.370 e. The van der Waals surface area contributed by atoms with Gasteiger partial charge in [0.2, 0.25) is 23.6 Å². The molecule has 0 aliphatic rings. The highest BCUT2D eigenvalue weighted by Crippen LogP contribution is 2.30. The predicted octanol–water partition coefficient (Wildman–Crippen LogP) is 2.42. The molecule has 0 heterocycles. The molecule has 0 saturated heterocycles. The Hall–Kier alpha value is -3.96.